The van der Waals surface area contributed by atoms with Crippen molar-refractivity contribution in [1.29, 1.82) is 0 Å². The molecule has 0 aromatic heterocycles. The first kappa shape index (κ1) is 13.5. The van der Waals surface area contributed by atoms with Gasteiger partial charge in [0, 0.05) is 12.1 Å². The van der Waals surface area contributed by atoms with Gasteiger partial charge in [-0.05, 0) is 44.0 Å². The van der Waals surface area contributed by atoms with E-state index in [4.69, 9.17) is 10.5 Å². The summed E-state index contributed by atoms with van der Waals surface area (Å²) in [5.74, 6) is 0.667. The third kappa shape index (κ3) is 4.07. The molecule has 0 saturated heterocycles. The Bertz CT molecular complexity index is 378. The fourth-order valence-corrected chi connectivity index (χ4v) is 1.53. The zero-order chi connectivity index (χ0) is 12.7. The Kier molecular flexibility index (Phi) is 5.49. The second-order valence-electron chi connectivity index (χ2n) is 3.94. The number of benzene rings is 1. The quantitative estimate of drug-likeness (QED) is 0.735. The summed E-state index contributed by atoms with van der Waals surface area (Å²) in [5, 5.41) is 2.85. The number of carbonyl (C=O) groups excluding carboxylic acids is 1. The average molecular weight is 236 g/mol. The van der Waals surface area contributed by atoms with Crippen molar-refractivity contribution >= 4 is 5.91 Å². The Balaban J connectivity index is 2.57. The van der Waals surface area contributed by atoms with Gasteiger partial charge in [-0.15, -0.1) is 0 Å². The predicted octanol–water partition coefficient (Wildman–Crippen LogP) is 1.47. The molecule has 0 atom stereocenters. The van der Waals surface area contributed by atoms with Crippen molar-refractivity contribution in [1.82, 2.24) is 5.32 Å². The summed E-state index contributed by atoms with van der Waals surface area (Å²) in [6.07, 6.45) is 1.84. The number of ether oxygens (including phenoxy) is 1. The number of aryl methyl sites for hydroxylation is 1. The molecule has 94 valence electrons. The SMILES string of the molecule is COc1cc(C(=O)NCCCCN)ccc1C. The zero-order valence-electron chi connectivity index (χ0n) is 10.5. The number of nitrogens with one attached hydrogen (secondary N) is 1. The lowest BCUT2D eigenvalue weighted by Crippen LogP contribution is -2.24. The van der Waals surface area contributed by atoms with Crippen LogP contribution in [0.4, 0.5) is 0 Å². The molecule has 4 heteroatoms. The highest BCUT2D eigenvalue weighted by molar-refractivity contribution is 5.94. The van der Waals surface area contributed by atoms with Gasteiger partial charge in [-0.1, -0.05) is 6.07 Å². The molecule has 1 aromatic carbocycles. The third-order valence-electron chi connectivity index (χ3n) is 2.59. The first-order chi connectivity index (χ1) is 8.19. The molecular weight excluding hydrogens is 216 g/mol. The standard InChI is InChI=1S/C13H20N2O2/c1-10-5-6-11(9-12(10)17-2)13(16)15-8-4-3-7-14/h5-6,9H,3-4,7-8,14H2,1-2H3,(H,15,16). The van der Waals surface area contributed by atoms with Crippen molar-refractivity contribution in [2.45, 2.75) is 19.8 Å². The van der Waals surface area contributed by atoms with Gasteiger partial charge in [0.1, 0.15) is 5.75 Å². The van der Waals surface area contributed by atoms with E-state index in [0.29, 0.717) is 18.7 Å². The van der Waals surface area contributed by atoms with E-state index >= 15 is 0 Å². The highest BCUT2D eigenvalue weighted by atomic mass is 16.5. The topological polar surface area (TPSA) is 64.3 Å². The molecule has 0 bridgehead atoms. The summed E-state index contributed by atoms with van der Waals surface area (Å²) >= 11 is 0. The Hall–Kier alpha value is -1.55. The number of rotatable bonds is 6. The minimum atomic E-state index is -0.0691. The van der Waals surface area contributed by atoms with Gasteiger partial charge in [0.2, 0.25) is 0 Å². The van der Waals surface area contributed by atoms with E-state index in [2.05, 4.69) is 5.32 Å². The molecule has 0 fully saturated rings. The maximum Gasteiger partial charge on any atom is 0.251 e. The lowest BCUT2D eigenvalue weighted by molar-refractivity contribution is 0.0952. The number of amides is 1. The summed E-state index contributed by atoms with van der Waals surface area (Å²) in [5.41, 5.74) is 7.03. The van der Waals surface area contributed by atoms with Crippen molar-refractivity contribution < 1.29 is 9.53 Å². The Morgan fingerprint density at radius 2 is 2.18 bits per heavy atom. The zero-order valence-corrected chi connectivity index (χ0v) is 10.5. The normalized spacial score (nSPS) is 10.1. The summed E-state index contributed by atoms with van der Waals surface area (Å²) in [7, 11) is 1.60. The molecule has 0 radical (unpaired) electrons. The van der Waals surface area contributed by atoms with E-state index in [9.17, 15) is 4.79 Å². The highest BCUT2D eigenvalue weighted by Crippen LogP contribution is 2.18. The number of carbonyl (C=O) groups is 1. The molecule has 1 amide bonds. The van der Waals surface area contributed by atoms with Crippen LogP contribution in [0.5, 0.6) is 5.75 Å². The van der Waals surface area contributed by atoms with Crippen molar-refractivity contribution in [2.24, 2.45) is 5.73 Å². The smallest absolute Gasteiger partial charge is 0.251 e. The summed E-state index contributed by atoms with van der Waals surface area (Å²) < 4.78 is 5.18. The van der Waals surface area contributed by atoms with Gasteiger partial charge in [0.05, 0.1) is 7.11 Å². The number of nitrogens with two attached hydrogens (primary N) is 1. The Labute approximate surface area is 102 Å². The molecule has 3 N–H and O–H groups in total. The molecule has 0 unspecified atom stereocenters. The lowest BCUT2D eigenvalue weighted by Gasteiger charge is -2.08. The lowest BCUT2D eigenvalue weighted by atomic mass is 10.1. The van der Waals surface area contributed by atoms with Crippen LogP contribution >= 0.6 is 0 Å². The molecule has 0 aliphatic rings. The maximum absolute atomic E-state index is 11.8. The molecule has 1 aromatic rings. The number of hydrogen-bond donors (Lipinski definition) is 2. The van der Waals surface area contributed by atoms with E-state index in [1.807, 2.05) is 13.0 Å². The van der Waals surface area contributed by atoms with Crippen LogP contribution in [0.25, 0.3) is 0 Å². The second kappa shape index (κ2) is 6.91. The third-order valence-corrected chi connectivity index (χ3v) is 2.59. The Morgan fingerprint density at radius 3 is 2.82 bits per heavy atom. The minimum absolute atomic E-state index is 0.0691. The molecule has 0 spiro atoms. The van der Waals surface area contributed by atoms with Gasteiger partial charge in [-0.2, -0.15) is 0 Å². The molecule has 4 nitrogen and oxygen atoms in total. The van der Waals surface area contributed by atoms with Crippen LogP contribution in [0.15, 0.2) is 18.2 Å². The van der Waals surface area contributed by atoms with Gasteiger partial charge in [0.25, 0.3) is 5.91 Å². The maximum atomic E-state index is 11.8. The van der Waals surface area contributed by atoms with Crippen molar-refractivity contribution in [3.63, 3.8) is 0 Å². The molecule has 0 saturated carbocycles. The van der Waals surface area contributed by atoms with Gasteiger partial charge in [-0.25, -0.2) is 0 Å². The van der Waals surface area contributed by atoms with Gasteiger partial charge < -0.3 is 15.8 Å². The number of methoxy groups -OCH3 is 1. The van der Waals surface area contributed by atoms with Crippen molar-refractivity contribution in [2.75, 3.05) is 20.2 Å². The summed E-state index contributed by atoms with van der Waals surface area (Å²) in [6, 6.07) is 5.44. The van der Waals surface area contributed by atoms with Crippen LogP contribution in [-0.4, -0.2) is 26.1 Å². The Morgan fingerprint density at radius 1 is 1.41 bits per heavy atom. The first-order valence-electron chi connectivity index (χ1n) is 5.82. The number of hydrogen-bond acceptors (Lipinski definition) is 3. The molecule has 17 heavy (non-hydrogen) atoms. The van der Waals surface area contributed by atoms with Gasteiger partial charge in [-0.3, -0.25) is 4.79 Å². The number of unbranched alkanes of at least 4 members (excludes halogenated alkanes) is 1. The minimum Gasteiger partial charge on any atom is -0.496 e. The summed E-state index contributed by atoms with van der Waals surface area (Å²) in [4.78, 5) is 11.8. The predicted molar refractivity (Wildman–Crippen MR) is 68.4 cm³/mol. The van der Waals surface area contributed by atoms with Crippen LogP contribution in [-0.2, 0) is 0 Å². The first-order valence-corrected chi connectivity index (χ1v) is 5.82. The fourth-order valence-electron chi connectivity index (χ4n) is 1.53. The van der Waals surface area contributed by atoms with Crippen LogP contribution in [0.1, 0.15) is 28.8 Å². The molecule has 0 aliphatic carbocycles. The monoisotopic (exact) mass is 236 g/mol. The largest absolute Gasteiger partial charge is 0.496 e. The van der Waals surface area contributed by atoms with Crippen molar-refractivity contribution in [3.8, 4) is 5.75 Å². The average Bonchev–Trinajstić information content (AvgIpc) is 2.35. The fraction of sp³-hybridized carbons (Fsp3) is 0.462. The van der Waals surface area contributed by atoms with E-state index in [1.165, 1.54) is 0 Å². The van der Waals surface area contributed by atoms with Crippen LogP contribution in [0, 0.1) is 6.92 Å². The van der Waals surface area contributed by atoms with Crippen LogP contribution < -0.4 is 15.8 Å². The van der Waals surface area contributed by atoms with E-state index in [1.54, 1.807) is 19.2 Å². The molecular formula is C13H20N2O2. The van der Waals surface area contributed by atoms with E-state index in [0.717, 1.165) is 24.2 Å². The van der Waals surface area contributed by atoms with Gasteiger partial charge in [0.15, 0.2) is 0 Å². The summed E-state index contributed by atoms with van der Waals surface area (Å²) in [6.45, 7) is 3.27. The van der Waals surface area contributed by atoms with Gasteiger partial charge >= 0.3 is 0 Å². The molecule has 0 heterocycles. The van der Waals surface area contributed by atoms with Crippen LogP contribution in [0.3, 0.4) is 0 Å². The van der Waals surface area contributed by atoms with E-state index < -0.39 is 0 Å². The van der Waals surface area contributed by atoms with Crippen molar-refractivity contribution in [3.05, 3.63) is 29.3 Å². The van der Waals surface area contributed by atoms with Crippen LogP contribution in [0.2, 0.25) is 0 Å². The highest BCUT2D eigenvalue weighted by Gasteiger charge is 2.07. The molecule has 1 rings (SSSR count). The van der Waals surface area contributed by atoms with E-state index in [-0.39, 0.29) is 5.91 Å². The second-order valence-corrected chi connectivity index (χ2v) is 3.94. The molecule has 0 aliphatic heterocycles.